The molecule has 0 bridgehead atoms. The molecular weight excluding hydrogens is 358 g/mol. The van der Waals surface area contributed by atoms with Crippen molar-refractivity contribution in [1.82, 2.24) is 4.90 Å². The summed E-state index contributed by atoms with van der Waals surface area (Å²) < 4.78 is 5.11. The molecule has 1 heterocycles. The molecule has 1 amide bonds. The van der Waals surface area contributed by atoms with Gasteiger partial charge in [0.1, 0.15) is 5.75 Å². The van der Waals surface area contributed by atoms with Crippen molar-refractivity contribution in [2.24, 2.45) is 5.92 Å². The van der Waals surface area contributed by atoms with Gasteiger partial charge in [0.2, 0.25) is 5.91 Å². The van der Waals surface area contributed by atoms with Crippen molar-refractivity contribution in [3.05, 3.63) is 65.2 Å². The molecule has 3 rings (SSSR count). The van der Waals surface area contributed by atoms with Crippen LogP contribution in [0.3, 0.4) is 0 Å². The van der Waals surface area contributed by atoms with Gasteiger partial charge in [0.15, 0.2) is 5.78 Å². The fourth-order valence-electron chi connectivity index (χ4n) is 3.54. The number of hydrogen-bond acceptors (Lipinski definition) is 4. The van der Waals surface area contributed by atoms with Gasteiger partial charge in [-0.2, -0.15) is 0 Å². The maximum absolute atomic E-state index is 12.7. The van der Waals surface area contributed by atoms with Gasteiger partial charge in [-0.3, -0.25) is 9.59 Å². The standard InChI is InChI=1S/C22H23NO5/c1-28-18-8-6-15(7-9-18)21(25)16-10-12-23(13-11-16)20(24)14-17-4-2-3-5-19(17)22(26)27/h2-9,16H,10-14H2,1H3,(H,26,27). The van der Waals surface area contributed by atoms with Crippen molar-refractivity contribution < 1.29 is 24.2 Å². The summed E-state index contributed by atoms with van der Waals surface area (Å²) in [5, 5.41) is 9.26. The lowest BCUT2D eigenvalue weighted by molar-refractivity contribution is -0.131. The minimum Gasteiger partial charge on any atom is -0.497 e. The van der Waals surface area contributed by atoms with E-state index in [0.29, 0.717) is 42.8 Å². The lowest BCUT2D eigenvalue weighted by atomic mass is 9.88. The molecule has 2 aromatic carbocycles. The summed E-state index contributed by atoms with van der Waals surface area (Å²) in [6, 6.07) is 13.6. The van der Waals surface area contributed by atoms with Crippen molar-refractivity contribution in [2.75, 3.05) is 20.2 Å². The van der Waals surface area contributed by atoms with Gasteiger partial charge in [-0.25, -0.2) is 4.79 Å². The highest BCUT2D eigenvalue weighted by Gasteiger charge is 2.28. The fourth-order valence-corrected chi connectivity index (χ4v) is 3.54. The number of piperidine rings is 1. The predicted octanol–water partition coefficient (Wildman–Crippen LogP) is 3.06. The molecule has 0 radical (unpaired) electrons. The number of carboxylic acid groups (broad SMARTS) is 1. The molecule has 0 atom stereocenters. The molecule has 1 saturated heterocycles. The zero-order chi connectivity index (χ0) is 20.1. The minimum absolute atomic E-state index is 0.0551. The van der Waals surface area contributed by atoms with Crippen LogP contribution in [0.25, 0.3) is 0 Å². The summed E-state index contributed by atoms with van der Waals surface area (Å²) in [7, 11) is 1.58. The zero-order valence-electron chi connectivity index (χ0n) is 15.8. The van der Waals surface area contributed by atoms with Crippen LogP contribution in [0.15, 0.2) is 48.5 Å². The van der Waals surface area contributed by atoms with Gasteiger partial charge in [0.05, 0.1) is 19.1 Å². The Morgan fingerprint density at radius 2 is 1.68 bits per heavy atom. The second-order valence-electron chi connectivity index (χ2n) is 6.89. The SMILES string of the molecule is COc1ccc(C(=O)C2CCN(C(=O)Cc3ccccc3C(=O)O)CC2)cc1. The van der Waals surface area contributed by atoms with Gasteiger partial charge < -0.3 is 14.7 Å². The number of ether oxygens (including phenoxy) is 1. The van der Waals surface area contributed by atoms with Crippen LogP contribution in [0.4, 0.5) is 0 Å². The van der Waals surface area contributed by atoms with Crippen molar-refractivity contribution in [3.8, 4) is 5.75 Å². The number of carbonyl (C=O) groups is 3. The highest BCUT2D eigenvalue weighted by molar-refractivity contribution is 5.98. The average molecular weight is 381 g/mol. The van der Waals surface area contributed by atoms with E-state index >= 15 is 0 Å². The Morgan fingerprint density at radius 3 is 2.29 bits per heavy atom. The number of Topliss-reactive ketones (excluding diaryl/α,β-unsaturated/α-hetero) is 1. The summed E-state index contributed by atoms with van der Waals surface area (Å²) in [6.45, 7) is 1.00. The number of amides is 1. The molecule has 6 nitrogen and oxygen atoms in total. The van der Waals surface area contributed by atoms with Crippen LogP contribution in [0.2, 0.25) is 0 Å². The third-order valence-electron chi connectivity index (χ3n) is 5.18. The Kier molecular flexibility index (Phi) is 6.09. The van der Waals surface area contributed by atoms with Crippen molar-refractivity contribution in [1.29, 1.82) is 0 Å². The third kappa shape index (κ3) is 4.39. The number of hydrogen-bond donors (Lipinski definition) is 1. The van der Waals surface area contributed by atoms with Gasteiger partial charge in [-0.05, 0) is 48.7 Å². The predicted molar refractivity (Wildman–Crippen MR) is 104 cm³/mol. The molecule has 0 aromatic heterocycles. The summed E-state index contributed by atoms with van der Waals surface area (Å²) >= 11 is 0. The number of carboxylic acids is 1. The Balaban J connectivity index is 1.58. The lowest BCUT2D eigenvalue weighted by Crippen LogP contribution is -2.41. The quantitative estimate of drug-likeness (QED) is 0.778. The summed E-state index contributed by atoms with van der Waals surface area (Å²) in [6.07, 6.45) is 1.27. The van der Waals surface area contributed by atoms with E-state index < -0.39 is 5.97 Å². The number of aromatic carboxylic acids is 1. The Morgan fingerprint density at radius 1 is 1.04 bits per heavy atom. The van der Waals surface area contributed by atoms with Crippen molar-refractivity contribution in [3.63, 3.8) is 0 Å². The summed E-state index contributed by atoms with van der Waals surface area (Å²) in [5.41, 5.74) is 1.32. The lowest BCUT2D eigenvalue weighted by Gasteiger charge is -2.31. The molecule has 0 saturated carbocycles. The van der Waals surface area contributed by atoms with Crippen LogP contribution in [0.5, 0.6) is 5.75 Å². The highest BCUT2D eigenvalue weighted by Crippen LogP contribution is 2.24. The van der Waals surface area contributed by atoms with Crippen LogP contribution < -0.4 is 4.74 Å². The second-order valence-corrected chi connectivity index (χ2v) is 6.89. The first-order valence-corrected chi connectivity index (χ1v) is 9.27. The number of ketones is 1. The molecule has 2 aromatic rings. The van der Waals surface area contributed by atoms with Crippen molar-refractivity contribution in [2.45, 2.75) is 19.3 Å². The molecule has 6 heteroatoms. The number of nitrogens with zero attached hydrogens (tertiary/aromatic N) is 1. The number of rotatable bonds is 6. The fraction of sp³-hybridized carbons (Fsp3) is 0.318. The van der Waals surface area contributed by atoms with Gasteiger partial charge in [-0.15, -0.1) is 0 Å². The second kappa shape index (κ2) is 8.69. The van der Waals surface area contributed by atoms with E-state index in [4.69, 9.17) is 4.74 Å². The molecule has 0 unspecified atom stereocenters. The van der Waals surface area contributed by atoms with E-state index in [9.17, 15) is 19.5 Å². The molecular formula is C22H23NO5. The Bertz CT molecular complexity index is 867. The number of methoxy groups -OCH3 is 1. The maximum Gasteiger partial charge on any atom is 0.335 e. The molecule has 1 aliphatic heterocycles. The van der Waals surface area contributed by atoms with E-state index in [1.165, 1.54) is 6.07 Å². The molecule has 1 N–H and O–H groups in total. The van der Waals surface area contributed by atoms with Crippen LogP contribution in [-0.2, 0) is 11.2 Å². The molecule has 28 heavy (non-hydrogen) atoms. The zero-order valence-corrected chi connectivity index (χ0v) is 15.8. The van der Waals surface area contributed by atoms with Crippen LogP contribution in [0.1, 0.15) is 39.1 Å². The molecule has 1 fully saturated rings. The van der Waals surface area contributed by atoms with E-state index in [1.807, 2.05) is 0 Å². The molecule has 146 valence electrons. The van der Waals surface area contributed by atoms with E-state index in [2.05, 4.69) is 0 Å². The topological polar surface area (TPSA) is 83.9 Å². The number of benzene rings is 2. The summed E-state index contributed by atoms with van der Waals surface area (Å²) in [4.78, 5) is 38.3. The third-order valence-corrected chi connectivity index (χ3v) is 5.18. The smallest absolute Gasteiger partial charge is 0.335 e. The largest absolute Gasteiger partial charge is 0.497 e. The maximum atomic E-state index is 12.7. The highest BCUT2D eigenvalue weighted by atomic mass is 16.5. The first-order chi connectivity index (χ1) is 13.5. The first-order valence-electron chi connectivity index (χ1n) is 9.27. The Labute approximate surface area is 163 Å². The van der Waals surface area contributed by atoms with E-state index in [1.54, 1.807) is 54.5 Å². The van der Waals surface area contributed by atoms with Crippen LogP contribution in [-0.4, -0.2) is 47.9 Å². The summed E-state index contributed by atoms with van der Waals surface area (Å²) in [5.74, 6) is -0.454. The van der Waals surface area contributed by atoms with E-state index in [0.717, 1.165) is 0 Å². The average Bonchev–Trinajstić information content (AvgIpc) is 2.73. The first kappa shape index (κ1) is 19.6. The van der Waals surface area contributed by atoms with Gasteiger partial charge in [-0.1, -0.05) is 18.2 Å². The Hall–Kier alpha value is -3.15. The monoisotopic (exact) mass is 381 g/mol. The van der Waals surface area contributed by atoms with Gasteiger partial charge in [0.25, 0.3) is 0 Å². The number of likely N-dealkylation sites (tertiary alicyclic amines) is 1. The van der Waals surface area contributed by atoms with Crippen molar-refractivity contribution >= 4 is 17.7 Å². The molecule has 1 aliphatic rings. The van der Waals surface area contributed by atoms with E-state index in [-0.39, 0.29) is 29.6 Å². The molecule has 0 aliphatic carbocycles. The van der Waals surface area contributed by atoms with Crippen LogP contribution in [0, 0.1) is 5.92 Å². The normalized spacial score (nSPS) is 14.5. The van der Waals surface area contributed by atoms with Gasteiger partial charge >= 0.3 is 5.97 Å². The van der Waals surface area contributed by atoms with Crippen LogP contribution >= 0.6 is 0 Å². The van der Waals surface area contributed by atoms with Gasteiger partial charge in [0, 0.05) is 24.6 Å². The minimum atomic E-state index is -1.04. The molecule has 0 spiro atoms. The number of carbonyl (C=O) groups excluding carboxylic acids is 2.